The van der Waals surface area contributed by atoms with Gasteiger partial charge in [0.05, 0.1) is 19.2 Å². The fraction of sp³-hybridized carbons (Fsp3) is 0.556. The van der Waals surface area contributed by atoms with Crippen LogP contribution in [0.5, 0.6) is 5.75 Å². The molecule has 1 aromatic carbocycles. The summed E-state index contributed by atoms with van der Waals surface area (Å²) in [6.45, 7) is 6.71. The first-order valence-corrected chi connectivity index (χ1v) is 8.54. The van der Waals surface area contributed by atoms with E-state index in [-0.39, 0.29) is 17.5 Å². The summed E-state index contributed by atoms with van der Waals surface area (Å²) in [4.78, 5) is 30.1. The molecule has 0 bridgehead atoms. The summed E-state index contributed by atoms with van der Waals surface area (Å²) in [7, 11) is 3.36. The van der Waals surface area contributed by atoms with Crippen molar-refractivity contribution in [2.45, 2.75) is 25.4 Å². The van der Waals surface area contributed by atoms with Crippen molar-refractivity contribution in [3.05, 3.63) is 24.3 Å². The summed E-state index contributed by atoms with van der Waals surface area (Å²) in [5.74, 6) is 0.830. The number of hydrogen-bond acceptors (Lipinski definition) is 4. The Bertz CT molecular complexity index is 659. The molecule has 0 aliphatic carbocycles. The number of methoxy groups -OCH3 is 1. The van der Waals surface area contributed by atoms with Gasteiger partial charge in [0.25, 0.3) is 0 Å². The maximum absolute atomic E-state index is 12.8. The number of carbonyl (C=O) groups is 2. The van der Waals surface area contributed by atoms with Crippen LogP contribution in [0.2, 0.25) is 0 Å². The molecule has 2 aliphatic rings. The number of amides is 3. The van der Waals surface area contributed by atoms with Crippen LogP contribution < -0.4 is 15.0 Å². The zero-order valence-electron chi connectivity index (χ0n) is 15.3. The average molecular weight is 346 g/mol. The summed E-state index contributed by atoms with van der Waals surface area (Å²) < 4.78 is 5.22. The largest absolute Gasteiger partial charge is 0.497 e. The minimum Gasteiger partial charge on any atom is -0.497 e. The van der Waals surface area contributed by atoms with Gasteiger partial charge in [0, 0.05) is 32.4 Å². The number of carbonyl (C=O) groups excluding carboxylic acids is 2. The third kappa shape index (κ3) is 3.36. The standard InChI is InChI=1S/C18H26N4O3/c1-18(2)12-21(16(23)15-11-20(3)17(24)19-15)9-10-22(18)13-5-7-14(25-4)8-6-13/h5-8,15H,9-12H2,1-4H3,(H,19,24). The maximum atomic E-state index is 12.8. The molecule has 3 amide bonds. The van der Waals surface area contributed by atoms with Gasteiger partial charge >= 0.3 is 6.03 Å². The topological polar surface area (TPSA) is 65.1 Å². The summed E-state index contributed by atoms with van der Waals surface area (Å²) in [6.07, 6.45) is 0. The summed E-state index contributed by atoms with van der Waals surface area (Å²) >= 11 is 0. The lowest BCUT2D eigenvalue weighted by molar-refractivity contribution is -0.134. The van der Waals surface area contributed by atoms with Gasteiger partial charge in [-0.1, -0.05) is 0 Å². The molecule has 2 aliphatic heterocycles. The number of urea groups is 1. The minimum atomic E-state index is -0.444. The number of anilines is 1. The zero-order valence-corrected chi connectivity index (χ0v) is 15.3. The Balaban J connectivity index is 1.69. The molecule has 0 aromatic heterocycles. The van der Waals surface area contributed by atoms with Gasteiger partial charge < -0.3 is 24.8 Å². The molecule has 25 heavy (non-hydrogen) atoms. The van der Waals surface area contributed by atoms with Crippen LogP contribution in [-0.2, 0) is 4.79 Å². The highest BCUT2D eigenvalue weighted by Gasteiger charge is 2.40. The van der Waals surface area contributed by atoms with E-state index in [1.165, 1.54) is 0 Å². The van der Waals surface area contributed by atoms with E-state index in [2.05, 4.69) is 24.1 Å². The van der Waals surface area contributed by atoms with Crippen molar-refractivity contribution in [3.8, 4) is 5.75 Å². The number of benzene rings is 1. The molecule has 2 heterocycles. The molecule has 3 rings (SSSR count). The van der Waals surface area contributed by atoms with E-state index in [4.69, 9.17) is 4.74 Å². The smallest absolute Gasteiger partial charge is 0.317 e. The van der Waals surface area contributed by atoms with Crippen LogP contribution in [0.15, 0.2) is 24.3 Å². The molecule has 1 aromatic rings. The van der Waals surface area contributed by atoms with Crippen LogP contribution in [0.4, 0.5) is 10.5 Å². The van der Waals surface area contributed by atoms with Gasteiger partial charge in [0.2, 0.25) is 5.91 Å². The lowest BCUT2D eigenvalue weighted by Gasteiger charge is -2.48. The summed E-state index contributed by atoms with van der Waals surface area (Å²) in [5.41, 5.74) is 0.920. The third-order valence-electron chi connectivity index (χ3n) is 5.00. The highest BCUT2D eigenvalue weighted by molar-refractivity contribution is 5.90. The van der Waals surface area contributed by atoms with Crippen LogP contribution in [0.1, 0.15) is 13.8 Å². The monoisotopic (exact) mass is 346 g/mol. The highest BCUT2D eigenvalue weighted by atomic mass is 16.5. The lowest BCUT2D eigenvalue weighted by Crippen LogP contribution is -2.62. The SMILES string of the molecule is COc1ccc(N2CCN(C(=O)C3CN(C)C(=O)N3)CC2(C)C)cc1. The lowest BCUT2D eigenvalue weighted by atomic mass is 9.97. The Kier molecular flexibility index (Phi) is 4.49. The molecule has 0 spiro atoms. The first-order chi connectivity index (χ1) is 11.8. The fourth-order valence-corrected chi connectivity index (χ4v) is 3.61. The Morgan fingerprint density at radius 1 is 1.24 bits per heavy atom. The van der Waals surface area contributed by atoms with Crippen molar-refractivity contribution in [3.63, 3.8) is 0 Å². The predicted octanol–water partition coefficient (Wildman–Crippen LogP) is 1.15. The second-order valence-electron chi connectivity index (χ2n) is 7.30. The molecule has 7 heteroatoms. The number of hydrogen-bond donors (Lipinski definition) is 1. The van der Waals surface area contributed by atoms with E-state index < -0.39 is 6.04 Å². The molecule has 2 fully saturated rings. The normalized spacial score (nSPS) is 22.8. The molecule has 0 radical (unpaired) electrons. The van der Waals surface area contributed by atoms with Crippen LogP contribution in [-0.4, -0.2) is 73.7 Å². The van der Waals surface area contributed by atoms with Crippen LogP contribution in [0.25, 0.3) is 0 Å². The summed E-state index contributed by atoms with van der Waals surface area (Å²) in [6, 6.07) is 7.36. The predicted molar refractivity (Wildman–Crippen MR) is 95.9 cm³/mol. The van der Waals surface area contributed by atoms with E-state index in [0.29, 0.717) is 19.6 Å². The van der Waals surface area contributed by atoms with Crippen molar-refractivity contribution >= 4 is 17.6 Å². The fourth-order valence-electron chi connectivity index (χ4n) is 3.61. The van der Waals surface area contributed by atoms with Crippen molar-refractivity contribution in [1.82, 2.24) is 15.1 Å². The molecule has 0 saturated carbocycles. The van der Waals surface area contributed by atoms with E-state index in [1.54, 1.807) is 19.1 Å². The molecular formula is C18H26N4O3. The highest BCUT2D eigenvalue weighted by Crippen LogP contribution is 2.29. The molecule has 7 nitrogen and oxygen atoms in total. The van der Waals surface area contributed by atoms with Gasteiger partial charge in [-0.25, -0.2) is 4.79 Å². The number of likely N-dealkylation sites (N-methyl/N-ethyl adjacent to an activating group) is 1. The first-order valence-electron chi connectivity index (χ1n) is 8.54. The molecule has 1 atom stereocenters. The van der Waals surface area contributed by atoms with E-state index in [9.17, 15) is 9.59 Å². The van der Waals surface area contributed by atoms with E-state index >= 15 is 0 Å². The maximum Gasteiger partial charge on any atom is 0.317 e. The van der Waals surface area contributed by atoms with E-state index in [0.717, 1.165) is 18.0 Å². The second-order valence-corrected chi connectivity index (χ2v) is 7.30. The van der Waals surface area contributed by atoms with E-state index in [1.807, 2.05) is 29.2 Å². The Morgan fingerprint density at radius 3 is 2.44 bits per heavy atom. The molecule has 2 saturated heterocycles. The molecule has 136 valence electrons. The quantitative estimate of drug-likeness (QED) is 0.892. The summed E-state index contributed by atoms with van der Waals surface area (Å²) in [5, 5.41) is 2.75. The Labute approximate surface area is 148 Å². The molecule has 1 N–H and O–H groups in total. The number of ether oxygens (including phenoxy) is 1. The van der Waals surface area contributed by atoms with Gasteiger partial charge in [-0.3, -0.25) is 4.79 Å². The van der Waals surface area contributed by atoms with Crippen LogP contribution in [0.3, 0.4) is 0 Å². The molecule has 1 unspecified atom stereocenters. The average Bonchev–Trinajstić information content (AvgIpc) is 2.92. The first kappa shape index (κ1) is 17.4. The van der Waals surface area contributed by atoms with Crippen LogP contribution >= 0.6 is 0 Å². The van der Waals surface area contributed by atoms with Crippen molar-refractivity contribution in [2.24, 2.45) is 0 Å². The number of nitrogens with zero attached hydrogens (tertiary/aromatic N) is 3. The van der Waals surface area contributed by atoms with Gasteiger partial charge in [-0.05, 0) is 38.1 Å². The number of nitrogens with one attached hydrogen (secondary N) is 1. The van der Waals surface area contributed by atoms with Gasteiger partial charge in [0.15, 0.2) is 0 Å². The Hall–Kier alpha value is -2.44. The van der Waals surface area contributed by atoms with Crippen molar-refractivity contribution in [2.75, 3.05) is 45.2 Å². The third-order valence-corrected chi connectivity index (χ3v) is 5.00. The van der Waals surface area contributed by atoms with Gasteiger partial charge in [-0.2, -0.15) is 0 Å². The van der Waals surface area contributed by atoms with Crippen LogP contribution in [0, 0.1) is 0 Å². The zero-order chi connectivity index (χ0) is 18.2. The number of piperazine rings is 1. The molecular weight excluding hydrogens is 320 g/mol. The van der Waals surface area contributed by atoms with Gasteiger partial charge in [0.1, 0.15) is 11.8 Å². The van der Waals surface area contributed by atoms with Crippen molar-refractivity contribution in [1.29, 1.82) is 0 Å². The number of rotatable bonds is 3. The Morgan fingerprint density at radius 2 is 1.92 bits per heavy atom. The second kappa shape index (κ2) is 6.46. The van der Waals surface area contributed by atoms with Crippen molar-refractivity contribution < 1.29 is 14.3 Å². The minimum absolute atomic E-state index is 0.000144. The van der Waals surface area contributed by atoms with Gasteiger partial charge in [-0.15, -0.1) is 0 Å².